The summed E-state index contributed by atoms with van der Waals surface area (Å²) in [5.41, 5.74) is 1.33. The van der Waals surface area contributed by atoms with E-state index in [1.54, 1.807) is 7.11 Å². The van der Waals surface area contributed by atoms with E-state index in [9.17, 15) is 0 Å². The van der Waals surface area contributed by atoms with Crippen LogP contribution in [-0.2, 0) is 0 Å². The first-order chi connectivity index (χ1) is 11.3. The molecule has 23 heavy (non-hydrogen) atoms. The van der Waals surface area contributed by atoms with Crippen molar-refractivity contribution < 1.29 is 4.74 Å². The van der Waals surface area contributed by atoms with Gasteiger partial charge in [0.25, 0.3) is 0 Å². The van der Waals surface area contributed by atoms with E-state index >= 15 is 0 Å². The number of benzene rings is 2. The first kappa shape index (κ1) is 16.0. The molecule has 0 bridgehead atoms. The van der Waals surface area contributed by atoms with Gasteiger partial charge in [0.15, 0.2) is 0 Å². The van der Waals surface area contributed by atoms with Crippen molar-refractivity contribution in [1.82, 2.24) is 10.2 Å². The average molecular weight is 310 g/mol. The molecular formula is C20H26N2O. The molecule has 1 atom stereocenters. The summed E-state index contributed by atoms with van der Waals surface area (Å²) in [4.78, 5) is 2.59. The average Bonchev–Trinajstić information content (AvgIpc) is 2.63. The van der Waals surface area contributed by atoms with Crippen LogP contribution < -0.4 is 10.1 Å². The molecule has 1 aliphatic rings. The zero-order valence-electron chi connectivity index (χ0n) is 13.9. The lowest BCUT2D eigenvalue weighted by Gasteiger charge is -2.36. The third-order valence-corrected chi connectivity index (χ3v) is 4.72. The number of nitrogens with one attached hydrogen (secondary N) is 1. The van der Waals surface area contributed by atoms with E-state index in [4.69, 9.17) is 4.74 Å². The lowest BCUT2D eigenvalue weighted by Crippen LogP contribution is -2.45. The molecule has 1 N–H and O–H groups in total. The molecule has 1 saturated heterocycles. The minimum Gasteiger partial charge on any atom is -0.496 e. The number of methoxy groups -OCH3 is 1. The summed E-state index contributed by atoms with van der Waals surface area (Å²) in [6.07, 6.45) is 4.11. The molecule has 122 valence electrons. The number of hydrogen-bond acceptors (Lipinski definition) is 3. The molecule has 0 unspecified atom stereocenters. The quantitative estimate of drug-likeness (QED) is 0.822. The van der Waals surface area contributed by atoms with E-state index in [0.717, 1.165) is 44.8 Å². The number of piperazine rings is 1. The normalized spacial score (nSPS) is 17.1. The van der Waals surface area contributed by atoms with Crippen LogP contribution in [0.1, 0.15) is 24.4 Å². The predicted molar refractivity (Wildman–Crippen MR) is 97.1 cm³/mol. The Morgan fingerprint density at radius 1 is 1.22 bits per heavy atom. The van der Waals surface area contributed by atoms with Gasteiger partial charge < -0.3 is 10.1 Å². The number of allylic oxidation sites excluding steroid dienone is 1. The summed E-state index contributed by atoms with van der Waals surface area (Å²) in [6.45, 7) is 8.18. The van der Waals surface area contributed by atoms with Crippen LogP contribution in [0.25, 0.3) is 10.8 Å². The second kappa shape index (κ2) is 7.62. The smallest absolute Gasteiger partial charge is 0.124 e. The van der Waals surface area contributed by atoms with Crippen LogP contribution in [0.15, 0.2) is 49.1 Å². The summed E-state index contributed by atoms with van der Waals surface area (Å²) >= 11 is 0. The summed E-state index contributed by atoms with van der Waals surface area (Å²) in [5, 5.41) is 6.03. The Bertz CT molecular complexity index is 662. The van der Waals surface area contributed by atoms with Gasteiger partial charge in [-0.1, -0.05) is 36.4 Å². The molecule has 1 heterocycles. The number of nitrogens with zero attached hydrogens (tertiary/aromatic N) is 1. The maximum atomic E-state index is 5.74. The number of hydrogen-bond donors (Lipinski definition) is 1. The molecule has 1 aliphatic heterocycles. The summed E-state index contributed by atoms with van der Waals surface area (Å²) in [6, 6.07) is 13.3. The lowest BCUT2D eigenvalue weighted by atomic mass is 9.93. The Morgan fingerprint density at radius 3 is 2.74 bits per heavy atom. The first-order valence-corrected chi connectivity index (χ1v) is 8.46. The van der Waals surface area contributed by atoms with Crippen molar-refractivity contribution in [3.63, 3.8) is 0 Å². The highest BCUT2D eigenvalue weighted by Crippen LogP contribution is 2.38. The fourth-order valence-corrected chi connectivity index (χ4v) is 3.58. The highest BCUT2D eigenvalue weighted by Gasteiger charge is 2.26. The van der Waals surface area contributed by atoms with Crippen molar-refractivity contribution in [2.45, 2.75) is 18.9 Å². The van der Waals surface area contributed by atoms with Gasteiger partial charge in [0, 0.05) is 37.8 Å². The number of ether oxygens (including phenoxy) is 1. The van der Waals surface area contributed by atoms with Gasteiger partial charge in [0.05, 0.1) is 7.11 Å². The van der Waals surface area contributed by atoms with Crippen LogP contribution in [0, 0.1) is 0 Å². The molecule has 3 nitrogen and oxygen atoms in total. The molecule has 0 saturated carbocycles. The molecule has 3 heteroatoms. The lowest BCUT2D eigenvalue weighted by molar-refractivity contribution is 0.164. The molecule has 0 amide bonds. The molecular weight excluding hydrogens is 284 g/mol. The van der Waals surface area contributed by atoms with Crippen LogP contribution in [0.5, 0.6) is 5.75 Å². The largest absolute Gasteiger partial charge is 0.496 e. The fourth-order valence-electron chi connectivity index (χ4n) is 3.58. The summed E-state index contributed by atoms with van der Waals surface area (Å²) < 4.78 is 5.74. The Kier molecular flexibility index (Phi) is 5.31. The molecule has 0 aromatic heterocycles. The van der Waals surface area contributed by atoms with Crippen molar-refractivity contribution in [2.24, 2.45) is 0 Å². The summed E-state index contributed by atoms with van der Waals surface area (Å²) in [5.74, 6) is 0.997. The van der Waals surface area contributed by atoms with Gasteiger partial charge in [-0.15, -0.1) is 6.58 Å². The Hall–Kier alpha value is -1.84. The second-order valence-electron chi connectivity index (χ2n) is 6.07. The van der Waals surface area contributed by atoms with Crippen LogP contribution >= 0.6 is 0 Å². The number of fused-ring (bicyclic) bond motifs is 1. The molecule has 0 spiro atoms. The Morgan fingerprint density at radius 2 is 2.00 bits per heavy atom. The third-order valence-electron chi connectivity index (χ3n) is 4.72. The maximum Gasteiger partial charge on any atom is 0.124 e. The number of rotatable bonds is 6. The van der Waals surface area contributed by atoms with Crippen LogP contribution in [0.3, 0.4) is 0 Å². The zero-order valence-corrected chi connectivity index (χ0v) is 13.9. The van der Waals surface area contributed by atoms with E-state index in [-0.39, 0.29) is 0 Å². The molecule has 2 aromatic rings. The highest BCUT2D eigenvalue weighted by atomic mass is 16.5. The van der Waals surface area contributed by atoms with Gasteiger partial charge in [-0.05, 0) is 29.7 Å². The van der Waals surface area contributed by atoms with Crippen molar-refractivity contribution in [3.05, 3.63) is 54.6 Å². The molecule has 2 aromatic carbocycles. The predicted octanol–water partition coefficient (Wildman–Crippen LogP) is 3.76. The van der Waals surface area contributed by atoms with Gasteiger partial charge in [-0.25, -0.2) is 0 Å². The monoisotopic (exact) mass is 310 g/mol. The second-order valence-corrected chi connectivity index (χ2v) is 6.07. The summed E-state index contributed by atoms with van der Waals surface area (Å²) in [7, 11) is 1.77. The van der Waals surface area contributed by atoms with Crippen LogP contribution in [-0.4, -0.2) is 38.2 Å². The molecule has 0 radical (unpaired) electrons. The van der Waals surface area contributed by atoms with Crippen molar-refractivity contribution in [3.8, 4) is 5.75 Å². The van der Waals surface area contributed by atoms with Crippen molar-refractivity contribution in [1.29, 1.82) is 0 Å². The highest BCUT2D eigenvalue weighted by molar-refractivity contribution is 5.88. The van der Waals surface area contributed by atoms with E-state index in [1.807, 2.05) is 6.08 Å². The van der Waals surface area contributed by atoms with Gasteiger partial charge in [0.2, 0.25) is 0 Å². The topological polar surface area (TPSA) is 24.5 Å². The van der Waals surface area contributed by atoms with Gasteiger partial charge in [0.1, 0.15) is 5.75 Å². The van der Waals surface area contributed by atoms with Crippen molar-refractivity contribution >= 4 is 10.8 Å². The molecule has 3 rings (SSSR count). The van der Waals surface area contributed by atoms with Gasteiger partial charge in [-0.2, -0.15) is 0 Å². The van der Waals surface area contributed by atoms with Crippen LogP contribution in [0.2, 0.25) is 0 Å². The zero-order chi connectivity index (χ0) is 16.1. The molecule has 0 aliphatic carbocycles. The Balaban J connectivity index is 2.09. The van der Waals surface area contributed by atoms with E-state index in [2.05, 4.69) is 53.2 Å². The molecule has 1 fully saturated rings. The van der Waals surface area contributed by atoms with E-state index in [0.29, 0.717) is 6.04 Å². The van der Waals surface area contributed by atoms with E-state index in [1.165, 1.54) is 16.3 Å². The Labute approximate surface area is 138 Å². The maximum absolute atomic E-state index is 5.74. The standard InChI is InChI=1S/C20H26N2O/c1-3-4-9-18(22-14-12-21-13-15-22)20-17-8-6-5-7-16(17)10-11-19(20)23-2/h3,5-8,10-11,18,21H,1,4,9,12-15H2,2H3/t18-/m1/s1. The minimum atomic E-state index is 0.371. The fraction of sp³-hybridized carbons (Fsp3) is 0.400. The van der Waals surface area contributed by atoms with Crippen molar-refractivity contribution in [2.75, 3.05) is 33.3 Å². The van der Waals surface area contributed by atoms with E-state index < -0.39 is 0 Å². The minimum absolute atomic E-state index is 0.371. The van der Waals surface area contributed by atoms with Crippen LogP contribution in [0.4, 0.5) is 0 Å². The first-order valence-electron chi connectivity index (χ1n) is 8.46. The third kappa shape index (κ3) is 3.41. The SMILES string of the molecule is C=CCC[C@H](c1c(OC)ccc2ccccc12)N1CCNCC1. The van der Waals surface area contributed by atoms with Gasteiger partial charge in [-0.3, -0.25) is 4.90 Å². The van der Waals surface area contributed by atoms with Gasteiger partial charge >= 0.3 is 0 Å².